The molecule has 1 aromatic carbocycles. The number of amides is 1. The molecule has 6 heteroatoms. The van der Waals surface area contributed by atoms with Crippen LogP contribution in [0.4, 0.5) is 10.1 Å². The molecule has 100 valence electrons. The smallest absolute Gasteiger partial charge is 0.305 e. The summed E-state index contributed by atoms with van der Waals surface area (Å²) in [7, 11) is 1.28. The molecule has 1 aromatic rings. The molecule has 0 unspecified atom stereocenters. The maximum absolute atomic E-state index is 13.2. The monoisotopic (exact) mass is 265 g/mol. The molecule has 0 saturated carbocycles. The van der Waals surface area contributed by atoms with Crippen molar-refractivity contribution < 1.29 is 23.5 Å². The second-order valence-corrected chi connectivity index (χ2v) is 4.13. The minimum atomic E-state index is -0.689. The summed E-state index contributed by atoms with van der Waals surface area (Å²) in [6.45, 7) is 0.177. The summed E-state index contributed by atoms with van der Waals surface area (Å²) in [5.74, 6) is -2.24. The van der Waals surface area contributed by atoms with Crippen LogP contribution in [0, 0.1) is 5.82 Å². The molecule has 19 heavy (non-hydrogen) atoms. The Balaban J connectivity index is 2.14. The summed E-state index contributed by atoms with van der Waals surface area (Å²) in [6, 6.07) is 3.59. The zero-order chi connectivity index (χ0) is 14.0. The van der Waals surface area contributed by atoms with Crippen LogP contribution in [0.25, 0.3) is 0 Å². The van der Waals surface area contributed by atoms with E-state index < -0.39 is 23.5 Å². The lowest BCUT2D eigenvalue weighted by molar-refractivity contribution is -0.140. The Labute approximate surface area is 109 Å². The van der Waals surface area contributed by atoms with Gasteiger partial charge in [0.05, 0.1) is 18.4 Å². The minimum Gasteiger partial charge on any atom is -0.469 e. The molecule has 2 rings (SSSR count). The van der Waals surface area contributed by atoms with Crippen LogP contribution in [0.5, 0.6) is 0 Å². The lowest BCUT2D eigenvalue weighted by Gasteiger charge is -2.15. The number of benzene rings is 1. The van der Waals surface area contributed by atoms with Crippen LogP contribution in [-0.2, 0) is 14.3 Å². The fourth-order valence-corrected chi connectivity index (χ4v) is 1.97. The van der Waals surface area contributed by atoms with Gasteiger partial charge < -0.3 is 9.64 Å². The van der Waals surface area contributed by atoms with Crippen molar-refractivity contribution in [3.63, 3.8) is 0 Å². The molecule has 0 fully saturated rings. The molecule has 1 aliphatic heterocycles. The number of anilines is 1. The zero-order valence-electron chi connectivity index (χ0n) is 10.3. The highest BCUT2D eigenvalue weighted by atomic mass is 19.1. The van der Waals surface area contributed by atoms with E-state index in [-0.39, 0.29) is 24.2 Å². The molecule has 0 saturated heterocycles. The van der Waals surface area contributed by atoms with E-state index in [1.165, 1.54) is 18.1 Å². The number of nitrogens with zero attached hydrogens (tertiary/aromatic N) is 1. The summed E-state index contributed by atoms with van der Waals surface area (Å²) in [4.78, 5) is 35.6. The van der Waals surface area contributed by atoms with Crippen LogP contribution in [0.1, 0.15) is 23.2 Å². The first-order valence-corrected chi connectivity index (χ1v) is 5.77. The maximum atomic E-state index is 13.2. The predicted octanol–water partition coefficient (Wildman–Crippen LogP) is 1.31. The normalized spacial score (nSPS) is 13.7. The number of hydrogen-bond acceptors (Lipinski definition) is 4. The predicted molar refractivity (Wildman–Crippen MR) is 64.3 cm³/mol. The Morgan fingerprint density at radius 2 is 2.11 bits per heavy atom. The molecule has 0 radical (unpaired) electrons. The minimum absolute atomic E-state index is 0.138. The van der Waals surface area contributed by atoms with Crippen molar-refractivity contribution in [2.45, 2.75) is 12.8 Å². The van der Waals surface area contributed by atoms with Gasteiger partial charge >= 0.3 is 5.97 Å². The lowest BCUT2D eigenvalue weighted by Crippen LogP contribution is -2.31. The number of ether oxygens (including phenoxy) is 1. The van der Waals surface area contributed by atoms with E-state index in [1.54, 1.807) is 0 Å². The number of hydrogen-bond donors (Lipinski definition) is 0. The van der Waals surface area contributed by atoms with Crippen molar-refractivity contribution in [1.82, 2.24) is 0 Å². The van der Waals surface area contributed by atoms with Gasteiger partial charge in [-0.3, -0.25) is 14.4 Å². The van der Waals surface area contributed by atoms with Crippen LogP contribution in [-0.4, -0.2) is 31.3 Å². The van der Waals surface area contributed by atoms with Crippen molar-refractivity contribution in [3.05, 3.63) is 29.6 Å². The molecule has 0 bridgehead atoms. The molecule has 5 nitrogen and oxygen atoms in total. The first kappa shape index (κ1) is 13.2. The topological polar surface area (TPSA) is 63.7 Å². The number of fused-ring (bicyclic) bond motifs is 1. The summed E-state index contributed by atoms with van der Waals surface area (Å²) in [5.41, 5.74) is 0.462. The van der Waals surface area contributed by atoms with E-state index in [2.05, 4.69) is 4.74 Å². The van der Waals surface area contributed by atoms with E-state index >= 15 is 0 Å². The SMILES string of the molecule is COC(=O)CCCN1C(=O)C(=O)c2ccc(F)cc21. The second kappa shape index (κ2) is 5.17. The van der Waals surface area contributed by atoms with Gasteiger partial charge in [0.2, 0.25) is 0 Å². The molecule has 1 heterocycles. The van der Waals surface area contributed by atoms with Crippen LogP contribution < -0.4 is 4.90 Å². The lowest BCUT2D eigenvalue weighted by atomic mass is 10.1. The van der Waals surface area contributed by atoms with Crippen molar-refractivity contribution in [3.8, 4) is 0 Å². The van der Waals surface area contributed by atoms with E-state index in [9.17, 15) is 18.8 Å². The fourth-order valence-electron chi connectivity index (χ4n) is 1.97. The Bertz CT molecular complexity index is 556. The Kier molecular flexibility index (Phi) is 3.59. The average Bonchev–Trinajstić information content (AvgIpc) is 2.63. The van der Waals surface area contributed by atoms with Gasteiger partial charge in [0.25, 0.3) is 11.7 Å². The van der Waals surface area contributed by atoms with E-state index in [1.807, 2.05) is 0 Å². The van der Waals surface area contributed by atoms with Crippen molar-refractivity contribution in [1.29, 1.82) is 0 Å². The third-order valence-electron chi connectivity index (χ3n) is 2.92. The number of rotatable bonds is 4. The summed E-state index contributed by atoms with van der Waals surface area (Å²) in [6.07, 6.45) is 0.487. The number of ketones is 1. The maximum Gasteiger partial charge on any atom is 0.305 e. The van der Waals surface area contributed by atoms with Gasteiger partial charge in [-0.2, -0.15) is 0 Å². The van der Waals surface area contributed by atoms with Gasteiger partial charge in [-0.05, 0) is 24.6 Å². The summed E-state index contributed by atoms with van der Waals surface area (Å²) >= 11 is 0. The molecule has 0 spiro atoms. The number of methoxy groups -OCH3 is 1. The molecule has 0 aliphatic carbocycles. The van der Waals surface area contributed by atoms with Crippen LogP contribution in [0.15, 0.2) is 18.2 Å². The molecule has 0 atom stereocenters. The van der Waals surface area contributed by atoms with Crippen LogP contribution in [0.3, 0.4) is 0 Å². The van der Waals surface area contributed by atoms with Gasteiger partial charge in [-0.25, -0.2) is 4.39 Å². The number of carbonyl (C=O) groups excluding carboxylic acids is 3. The first-order chi connectivity index (χ1) is 9.04. The third kappa shape index (κ3) is 2.47. The quantitative estimate of drug-likeness (QED) is 0.608. The molecule has 1 aliphatic rings. The highest BCUT2D eigenvalue weighted by Gasteiger charge is 2.35. The number of halogens is 1. The van der Waals surface area contributed by atoms with Gasteiger partial charge in [0.1, 0.15) is 5.82 Å². The van der Waals surface area contributed by atoms with Crippen LogP contribution >= 0.6 is 0 Å². The highest BCUT2D eigenvalue weighted by molar-refractivity contribution is 6.52. The number of Topliss-reactive ketones (excluding diaryl/α,β-unsaturated/α-hetero) is 1. The third-order valence-corrected chi connectivity index (χ3v) is 2.92. The molecule has 0 aromatic heterocycles. The Hall–Kier alpha value is -2.24. The molecular formula is C13H12FNO4. The fraction of sp³-hybridized carbons (Fsp3) is 0.308. The largest absolute Gasteiger partial charge is 0.469 e. The van der Waals surface area contributed by atoms with E-state index in [0.717, 1.165) is 12.1 Å². The van der Waals surface area contributed by atoms with Crippen molar-refractivity contribution in [2.75, 3.05) is 18.6 Å². The van der Waals surface area contributed by atoms with Gasteiger partial charge in [0, 0.05) is 13.0 Å². The van der Waals surface area contributed by atoms with E-state index in [4.69, 9.17) is 0 Å². The first-order valence-electron chi connectivity index (χ1n) is 5.77. The molecule has 1 amide bonds. The van der Waals surface area contributed by atoms with E-state index in [0.29, 0.717) is 6.42 Å². The Morgan fingerprint density at radius 1 is 1.37 bits per heavy atom. The number of esters is 1. The zero-order valence-corrected chi connectivity index (χ0v) is 10.3. The van der Waals surface area contributed by atoms with Crippen molar-refractivity contribution in [2.24, 2.45) is 0 Å². The number of carbonyl (C=O) groups is 3. The standard InChI is InChI=1S/C13H12FNO4/c1-19-11(16)3-2-6-15-10-7-8(14)4-5-9(10)12(17)13(15)18/h4-5,7H,2-3,6H2,1H3. The summed E-state index contributed by atoms with van der Waals surface area (Å²) in [5, 5.41) is 0. The van der Waals surface area contributed by atoms with Gasteiger partial charge in [-0.15, -0.1) is 0 Å². The second-order valence-electron chi connectivity index (χ2n) is 4.13. The summed E-state index contributed by atoms with van der Waals surface area (Å²) < 4.78 is 17.7. The molecule has 0 N–H and O–H groups in total. The van der Waals surface area contributed by atoms with Crippen LogP contribution in [0.2, 0.25) is 0 Å². The van der Waals surface area contributed by atoms with Gasteiger partial charge in [-0.1, -0.05) is 0 Å². The molecular weight excluding hydrogens is 253 g/mol. The Morgan fingerprint density at radius 3 is 2.79 bits per heavy atom. The average molecular weight is 265 g/mol. The highest BCUT2D eigenvalue weighted by Crippen LogP contribution is 2.29. The van der Waals surface area contributed by atoms with Gasteiger partial charge in [0.15, 0.2) is 0 Å². The van der Waals surface area contributed by atoms with Crippen molar-refractivity contribution >= 4 is 23.3 Å².